The number of methoxy groups -OCH3 is 1. The highest BCUT2D eigenvalue weighted by molar-refractivity contribution is 7.09. The minimum atomic E-state index is -0.567. The van der Waals surface area contributed by atoms with E-state index in [9.17, 15) is 14.4 Å². The lowest BCUT2D eigenvalue weighted by Crippen LogP contribution is -2.36. The van der Waals surface area contributed by atoms with Crippen LogP contribution in [-0.2, 0) is 35.5 Å². The van der Waals surface area contributed by atoms with Crippen molar-refractivity contribution in [2.45, 2.75) is 25.9 Å². The number of hydrogen-bond acceptors (Lipinski definition) is 8. The SMILES string of the molecule is COC(=O)c1c(OCCc2cccs2)cc(=O)n2c1CCN(C(=O)Cn1cncn1)CC2. The summed E-state index contributed by atoms with van der Waals surface area (Å²) in [6.07, 6.45) is 3.84. The van der Waals surface area contributed by atoms with Gasteiger partial charge in [-0.25, -0.2) is 14.5 Å². The van der Waals surface area contributed by atoms with Crippen LogP contribution in [0, 0.1) is 0 Å². The molecule has 0 saturated heterocycles. The maximum Gasteiger partial charge on any atom is 0.343 e. The molecule has 0 aromatic carbocycles. The van der Waals surface area contributed by atoms with E-state index in [0.29, 0.717) is 38.2 Å². The molecule has 1 aliphatic heterocycles. The molecule has 11 heteroatoms. The normalized spacial score (nSPS) is 13.3. The smallest absolute Gasteiger partial charge is 0.343 e. The molecular weight excluding hydrogens is 434 g/mol. The monoisotopic (exact) mass is 457 g/mol. The second-order valence-electron chi connectivity index (χ2n) is 7.21. The molecule has 0 spiro atoms. The number of nitrogens with zero attached hydrogens (tertiary/aromatic N) is 5. The van der Waals surface area contributed by atoms with Gasteiger partial charge in [0.1, 0.15) is 30.5 Å². The van der Waals surface area contributed by atoms with Crippen LogP contribution in [0.25, 0.3) is 0 Å². The van der Waals surface area contributed by atoms with Crippen molar-refractivity contribution in [1.29, 1.82) is 0 Å². The first-order chi connectivity index (χ1) is 15.6. The van der Waals surface area contributed by atoms with Gasteiger partial charge in [-0.2, -0.15) is 5.10 Å². The number of fused-ring (bicyclic) bond motifs is 1. The van der Waals surface area contributed by atoms with Gasteiger partial charge in [-0.1, -0.05) is 6.07 Å². The quantitative estimate of drug-likeness (QED) is 0.487. The second kappa shape index (κ2) is 9.77. The van der Waals surface area contributed by atoms with E-state index in [0.717, 1.165) is 4.88 Å². The van der Waals surface area contributed by atoms with E-state index in [-0.39, 0.29) is 35.9 Å². The number of pyridine rings is 1. The predicted molar refractivity (Wildman–Crippen MR) is 116 cm³/mol. The highest BCUT2D eigenvalue weighted by Crippen LogP contribution is 2.24. The average Bonchev–Trinajstić information content (AvgIpc) is 3.44. The molecule has 1 aliphatic rings. The zero-order valence-corrected chi connectivity index (χ0v) is 18.4. The van der Waals surface area contributed by atoms with E-state index in [2.05, 4.69) is 10.1 Å². The Kier molecular flexibility index (Phi) is 6.64. The lowest BCUT2D eigenvalue weighted by molar-refractivity contribution is -0.132. The van der Waals surface area contributed by atoms with Gasteiger partial charge in [0.15, 0.2) is 0 Å². The van der Waals surface area contributed by atoms with Crippen molar-refractivity contribution >= 4 is 23.2 Å². The van der Waals surface area contributed by atoms with E-state index in [1.54, 1.807) is 16.2 Å². The number of carbonyl (C=O) groups excluding carboxylic acids is 2. The summed E-state index contributed by atoms with van der Waals surface area (Å²) in [6, 6.07) is 5.30. The van der Waals surface area contributed by atoms with Crippen molar-refractivity contribution in [3.63, 3.8) is 0 Å². The van der Waals surface area contributed by atoms with E-state index in [1.807, 2.05) is 17.5 Å². The lowest BCUT2D eigenvalue weighted by Gasteiger charge is -2.19. The first-order valence-corrected chi connectivity index (χ1v) is 11.0. The maximum absolute atomic E-state index is 12.8. The lowest BCUT2D eigenvalue weighted by atomic mass is 10.1. The fraction of sp³-hybridized carbons (Fsp3) is 0.381. The number of hydrogen-bond donors (Lipinski definition) is 0. The summed E-state index contributed by atoms with van der Waals surface area (Å²) in [5.74, 6) is -0.488. The van der Waals surface area contributed by atoms with Crippen LogP contribution in [0.5, 0.6) is 5.75 Å². The first kappa shape index (κ1) is 21.8. The number of thiophene rings is 1. The number of esters is 1. The standard InChI is InChI=1S/C21H23N5O5S/c1-30-21(29)20-16-4-6-24(19(28)12-25-14-22-13-23-25)7-8-26(16)18(27)11-17(20)31-9-5-15-3-2-10-32-15/h2-3,10-11,13-14H,4-9,12H2,1H3. The Labute approximate surface area is 188 Å². The Morgan fingerprint density at radius 3 is 2.84 bits per heavy atom. The van der Waals surface area contributed by atoms with Gasteiger partial charge in [0.25, 0.3) is 5.56 Å². The third kappa shape index (κ3) is 4.72. The summed E-state index contributed by atoms with van der Waals surface area (Å²) >= 11 is 1.62. The molecule has 4 heterocycles. The molecule has 0 saturated carbocycles. The molecule has 1 amide bonds. The molecule has 4 rings (SSSR count). The average molecular weight is 458 g/mol. The van der Waals surface area contributed by atoms with Gasteiger partial charge in [0.05, 0.1) is 13.7 Å². The van der Waals surface area contributed by atoms with Crippen molar-refractivity contribution < 1.29 is 19.1 Å². The molecule has 3 aromatic rings. The zero-order chi connectivity index (χ0) is 22.5. The zero-order valence-electron chi connectivity index (χ0n) is 17.6. The highest BCUT2D eigenvalue weighted by atomic mass is 32.1. The molecule has 0 bridgehead atoms. The minimum absolute atomic E-state index is 0.0617. The third-order valence-electron chi connectivity index (χ3n) is 5.29. The molecule has 0 aliphatic carbocycles. The Morgan fingerprint density at radius 1 is 1.25 bits per heavy atom. The summed E-state index contributed by atoms with van der Waals surface area (Å²) in [5, 5.41) is 5.95. The van der Waals surface area contributed by atoms with Crippen molar-refractivity contribution in [2.75, 3.05) is 26.8 Å². The topological polar surface area (TPSA) is 109 Å². The van der Waals surface area contributed by atoms with Crippen LogP contribution in [-0.4, -0.2) is 62.9 Å². The summed E-state index contributed by atoms with van der Waals surface area (Å²) in [6.45, 7) is 1.37. The number of ether oxygens (including phenoxy) is 2. The highest BCUT2D eigenvalue weighted by Gasteiger charge is 2.27. The molecule has 0 fully saturated rings. The number of amides is 1. The van der Waals surface area contributed by atoms with Gasteiger partial charge in [-0.15, -0.1) is 11.3 Å². The van der Waals surface area contributed by atoms with Crippen LogP contribution in [0.4, 0.5) is 0 Å². The van der Waals surface area contributed by atoms with Crippen LogP contribution < -0.4 is 10.3 Å². The molecular formula is C21H23N5O5S. The molecule has 0 N–H and O–H groups in total. The minimum Gasteiger partial charge on any atom is -0.492 e. The molecule has 3 aromatic heterocycles. The summed E-state index contributed by atoms with van der Waals surface area (Å²) in [4.78, 5) is 44.8. The Bertz CT molecular complexity index is 1140. The third-order valence-corrected chi connectivity index (χ3v) is 6.22. The van der Waals surface area contributed by atoms with Gasteiger partial charge in [-0.05, 0) is 11.4 Å². The summed E-state index contributed by atoms with van der Waals surface area (Å²) in [7, 11) is 1.30. The number of rotatable bonds is 7. The van der Waals surface area contributed by atoms with E-state index >= 15 is 0 Å². The van der Waals surface area contributed by atoms with Crippen molar-refractivity contribution in [3.8, 4) is 5.75 Å². The van der Waals surface area contributed by atoms with Gasteiger partial charge in [-0.3, -0.25) is 9.59 Å². The van der Waals surface area contributed by atoms with Crippen LogP contribution in [0.2, 0.25) is 0 Å². The molecule has 168 valence electrons. The number of carbonyl (C=O) groups is 2. The Hall–Kier alpha value is -3.47. The van der Waals surface area contributed by atoms with Crippen LogP contribution in [0.1, 0.15) is 20.9 Å². The molecule has 0 atom stereocenters. The second-order valence-corrected chi connectivity index (χ2v) is 8.25. The summed E-state index contributed by atoms with van der Waals surface area (Å²) < 4.78 is 13.8. The summed E-state index contributed by atoms with van der Waals surface area (Å²) in [5.41, 5.74) is 0.486. The maximum atomic E-state index is 12.8. The van der Waals surface area contributed by atoms with Crippen LogP contribution in [0.3, 0.4) is 0 Å². The first-order valence-electron chi connectivity index (χ1n) is 10.2. The van der Waals surface area contributed by atoms with Gasteiger partial charge < -0.3 is 18.9 Å². The van der Waals surface area contributed by atoms with Gasteiger partial charge in [0.2, 0.25) is 5.91 Å². The van der Waals surface area contributed by atoms with Gasteiger partial charge >= 0.3 is 5.97 Å². The number of aromatic nitrogens is 4. The molecule has 0 unspecified atom stereocenters. The van der Waals surface area contributed by atoms with Crippen LogP contribution in [0.15, 0.2) is 41.0 Å². The van der Waals surface area contributed by atoms with E-state index in [4.69, 9.17) is 9.47 Å². The molecule has 0 radical (unpaired) electrons. The van der Waals surface area contributed by atoms with Crippen molar-refractivity contribution in [3.05, 3.63) is 62.7 Å². The molecule has 32 heavy (non-hydrogen) atoms. The largest absolute Gasteiger partial charge is 0.492 e. The van der Waals surface area contributed by atoms with Crippen molar-refractivity contribution in [1.82, 2.24) is 24.2 Å². The van der Waals surface area contributed by atoms with E-state index in [1.165, 1.54) is 35.1 Å². The van der Waals surface area contributed by atoms with Gasteiger partial charge in [0, 0.05) is 49.1 Å². The van der Waals surface area contributed by atoms with Crippen LogP contribution >= 0.6 is 11.3 Å². The predicted octanol–water partition coefficient (Wildman–Crippen LogP) is 0.994. The van der Waals surface area contributed by atoms with Crippen molar-refractivity contribution in [2.24, 2.45) is 0 Å². The fourth-order valence-electron chi connectivity index (χ4n) is 3.70. The molecule has 10 nitrogen and oxygen atoms in total. The Balaban J connectivity index is 1.56. The van der Waals surface area contributed by atoms with E-state index < -0.39 is 5.97 Å². The Morgan fingerprint density at radius 2 is 2.12 bits per heavy atom. The fourth-order valence-corrected chi connectivity index (χ4v) is 4.39.